The molecular formula is C48H30O. The van der Waals surface area contributed by atoms with Gasteiger partial charge in [0, 0.05) is 16.2 Å². The van der Waals surface area contributed by atoms with Gasteiger partial charge in [-0.15, -0.1) is 0 Å². The quantitative estimate of drug-likeness (QED) is 0.173. The fourth-order valence-corrected chi connectivity index (χ4v) is 5.96. The summed E-state index contributed by atoms with van der Waals surface area (Å²) in [7, 11) is 0. The molecule has 0 amide bonds. The first-order chi connectivity index (χ1) is 36.4. The Morgan fingerprint density at radius 3 is 1.51 bits per heavy atom. The van der Waals surface area contributed by atoms with Crippen molar-refractivity contribution in [1.29, 1.82) is 0 Å². The van der Waals surface area contributed by atoms with E-state index in [1.54, 1.807) is 0 Å². The molecule has 228 valence electrons. The molecule has 0 atom stereocenters. The SMILES string of the molecule is [2H]c1c([2H])c([2H])c(-c2cc(-c3c([2H])c([2H])c([2H])c([2H])c3[2H])c([2H])c(-c3c4c([2H])c([2H])c([2H])c([2H])c4c(-c4c([2H])c([2H])c([2H])c5oc6c7c([2H])c([2H])c([2H])c([2H])c7c([2H])c([2H])c6c45)c4c([2H])c([2H])c([2H])c([2H])c34)c2[2H])c([2H])c1[2H]. The molecule has 0 saturated heterocycles. The van der Waals surface area contributed by atoms with E-state index in [1.807, 2.05) is 0 Å². The zero-order valence-electron chi connectivity index (χ0n) is 53.5. The van der Waals surface area contributed by atoms with Crippen LogP contribution < -0.4 is 0 Å². The number of rotatable bonds is 4. The van der Waals surface area contributed by atoms with Crippen molar-refractivity contribution in [1.82, 2.24) is 0 Å². The molecule has 10 aromatic rings. The monoisotopic (exact) mass is 651 g/mol. The van der Waals surface area contributed by atoms with Crippen LogP contribution in [0.5, 0.6) is 0 Å². The third-order valence-corrected chi connectivity index (χ3v) is 7.97. The summed E-state index contributed by atoms with van der Waals surface area (Å²) >= 11 is 0. The van der Waals surface area contributed by atoms with Crippen molar-refractivity contribution in [2.75, 3.05) is 0 Å². The van der Waals surface area contributed by atoms with Gasteiger partial charge in [-0.25, -0.2) is 0 Å². The van der Waals surface area contributed by atoms with E-state index in [0.717, 1.165) is 6.07 Å². The highest BCUT2D eigenvalue weighted by Crippen LogP contribution is 2.48. The van der Waals surface area contributed by atoms with Gasteiger partial charge in [0.1, 0.15) is 11.2 Å². The second-order valence-corrected chi connectivity index (χ2v) is 10.6. The number of hydrogen-bond donors (Lipinski definition) is 0. The fourth-order valence-electron chi connectivity index (χ4n) is 5.96. The van der Waals surface area contributed by atoms with E-state index in [-0.39, 0.29) is 0 Å². The van der Waals surface area contributed by atoms with Crippen molar-refractivity contribution < 1.29 is 44.2 Å². The highest BCUT2D eigenvalue weighted by molar-refractivity contribution is 6.27. The van der Waals surface area contributed by atoms with Crippen LogP contribution in [0.25, 0.3) is 98.8 Å². The first kappa shape index (κ1) is 11.3. The maximum atomic E-state index is 9.96. The van der Waals surface area contributed by atoms with Crippen LogP contribution in [0.3, 0.4) is 0 Å². The lowest BCUT2D eigenvalue weighted by Crippen LogP contribution is -1.92. The molecule has 0 N–H and O–H groups in total. The van der Waals surface area contributed by atoms with Gasteiger partial charge in [-0.2, -0.15) is 0 Å². The van der Waals surface area contributed by atoms with E-state index in [4.69, 9.17) is 33.2 Å². The molecule has 0 spiro atoms. The standard InChI is InChI=1S/C48H30O/c1-3-14-31(15-4-1)34-28-35(32-16-5-2-6-17-32)30-36(29-34)45-38-20-9-11-22-40(38)46(41-23-12-10-21-39(41)45)42-24-13-25-44-47(42)43-27-26-33-18-7-8-19-37(33)48(43)49-44/h1-30H/i1D,2D,3D,4D,5D,6D,7D,8D,9D,10D,11D,12D,13D,14D,15D,16D,17D,18D,19D,20D,21D,22D,23D,24D,25D,26D,27D,29D,30D. The Hall–Kier alpha value is -6.44. The number of benzene rings is 9. The highest BCUT2D eigenvalue weighted by atomic mass is 16.3. The largest absolute Gasteiger partial charge is 0.455 e. The molecule has 1 nitrogen and oxygen atoms in total. The van der Waals surface area contributed by atoms with Crippen LogP contribution in [0.4, 0.5) is 0 Å². The van der Waals surface area contributed by atoms with Crippen molar-refractivity contribution in [3.8, 4) is 44.5 Å². The summed E-state index contributed by atoms with van der Waals surface area (Å²) < 4.78 is 268. The summed E-state index contributed by atoms with van der Waals surface area (Å²) in [5.74, 6) is 0. The zero-order chi connectivity index (χ0) is 57.5. The van der Waals surface area contributed by atoms with Gasteiger partial charge in [-0.3, -0.25) is 0 Å². The average molecular weight is 652 g/mol. The third kappa shape index (κ3) is 4.40. The second kappa shape index (κ2) is 11.1. The maximum absolute atomic E-state index is 9.96. The van der Waals surface area contributed by atoms with E-state index in [1.165, 1.54) is 0 Å². The van der Waals surface area contributed by atoms with Gasteiger partial charge in [-0.05, 0) is 102 Å². The van der Waals surface area contributed by atoms with E-state index in [2.05, 4.69) is 0 Å². The summed E-state index contributed by atoms with van der Waals surface area (Å²) in [6, 6.07) is -26.5. The lowest BCUT2D eigenvalue weighted by molar-refractivity contribution is 0.673. The Morgan fingerprint density at radius 1 is 0.367 bits per heavy atom. The molecule has 49 heavy (non-hydrogen) atoms. The maximum Gasteiger partial charge on any atom is 0.143 e. The van der Waals surface area contributed by atoms with Gasteiger partial charge in [0.2, 0.25) is 0 Å². The first-order valence-electron chi connectivity index (χ1n) is 29.0. The molecule has 0 fully saturated rings. The number of hydrogen-bond acceptors (Lipinski definition) is 1. The van der Waals surface area contributed by atoms with Gasteiger partial charge < -0.3 is 4.42 Å². The molecule has 9 aromatic carbocycles. The molecule has 1 heterocycles. The van der Waals surface area contributed by atoms with E-state index in [0.29, 0.717) is 0 Å². The Morgan fingerprint density at radius 2 is 0.898 bits per heavy atom. The van der Waals surface area contributed by atoms with Crippen LogP contribution in [-0.2, 0) is 0 Å². The number of fused-ring (bicyclic) bond motifs is 7. The van der Waals surface area contributed by atoms with Crippen molar-refractivity contribution in [3.05, 3.63) is 181 Å². The van der Waals surface area contributed by atoms with Crippen molar-refractivity contribution in [3.63, 3.8) is 0 Å². The smallest absolute Gasteiger partial charge is 0.143 e. The van der Waals surface area contributed by atoms with Crippen LogP contribution in [0, 0.1) is 0 Å². The third-order valence-electron chi connectivity index (χ3n) is 7.97. The molecule has 0 aliphatic heterocycles. The molecule has 0 radical (unpaired) electrons. The second-order valence-electron chi connectivity index (χ2n) is 10.6. The number of furan rings is 1. The van der Waals surface area contributed by atoms with Crippen molar-refractivity contribution in [2.24, 2.45) is 0 Å². The normalized spacial score (nSPS) is 20.0. The molecule has 0 unspecified atom stereocenters. The van der Waals surface area contributed by atoms with Crippen molar-refractivity contribution >= 4 is 54.3 Å². The van der Waals surface area contributed by atoms with Gasteiger partial charge in [0.15, 0.2) is 0 Å². The Kier molecular flexibility index (Phi) is 2.56. The topological polar surface area (TPSA) is 13.1 Å². The van der Waals surface area contributed by atoms with Crippen LogP contribution in [0.1, 0.15) is 39.8 Å². The van der Waals surface area contributed by atoms with Crippen LogP contribution in [0.2, 0.25) is 0 Å². The zero-order valence-corrected chi connectivity index (χ0v) is 24.5. The minimum Gasteiger partial charge on any atom is -0.455 e. The van der Waals surface area contributed by atoms with Gasteiger partial charge in [0.25, 0.3) is 0 Å². The fraction of sp³-hybridized carbons (Fsp3) is 0. The lowest BCUT2D eigenvalue weighted by Gasteiger charge is -2.19. The molecule has 10 rings (SSSR count). The first-order valence-corrected chi connectivity index (χ1v) is 14.5. The molecule has 1 aromatic heterocycles. The molecule has 0 bridgehead atoms. The van der Waals surface area contributed by atoms with Gasteiger partial charge in [0.05, 0.1) is 39.8 Å². The predicted octanol–water partition coefficient (Wildman–Crippen LogP) is 13.7. The molecule has 0 aliphatic carbocycles. The van der Waals surface area contributed by atoms with Crippen LogP contribution >= 0.6 is 0 Å². The highest BCUT2D eigenvalue weighted by Gasteiger charge is 2.21. The van der Waals surface area contributed by atoms with Gasteiger partial charge in [-0.1, -0.05) is 151 Å². The molecule has 0 saturated carbocycles. The summed E-state index contributed by atoms with van der Waals surface area (Å²) in [6.45, 7) is 0. The van der Waals surface area contributed by atoms with E-state index >= 15 is 0 Å². The Balaban J connectivity index is 1.57. The Labute approximate surface area is 325 Å². The molecule has 0 aliphatic rings. The van der Waals surface area contributed by atoms with Crippen LogP contribution in [-0.4, -0.2) is 0 Å². The summed E-state index contributed by atoms with van der Waals surface area (Å²) in [5.41, 5.74) is -7.33. The molecule has 1 heteroatoms. The lowest BCUT2D eigenvalue weighted by atomic mass is 9.83. The van der Waals surface area contributed by atoms with Crippen LogP contribution in [0.15, 0.2) is 186 Å². The van der Waals surface area contributed by atoms with E-state index < -0.39 is 274 Å². The van der Waals surface area contributed by atoms with E-state index in [9.17, 15) is 11.0 Å². The Bertz CT molecular complexity index is 4310. The van der Waals surface area contributed by atoms with Crippen molar-refractivity contribution in [2.45, 2.75) is 0 Å². The predicted molar refractivity (Wildman–Crippen MR) is 208 cm³/mol. The summed E-state index contributed by atoms with van der Waals surface area (Å²) in [6.07, 6.45) is 0. The van der Waals surface area contributed by atoms with Gasteiger partial charge >= 0.3 is 0 Å². The minimum absolute atomic E-state index is 0.481. The summed E-state index contributed by atoms with van der Waals surface area (Å²) in [5, 5.41) is -5.27. The minimum atomic E-state index is -1.06. The average Bonchev–Trinajstić information content (AvgIpc) is 3.70. The summed E-state index contributed by atoms with van der Waals surface area (Å²) in [4.78, 5) is 0. The molecular weight excluding hydrogens is 593 g/mol.